The van der Waals surface area contributed by atoms with Crippen molar-refractivity contribution < 1.29 is 0 Å². The summed E-state index contributed by atoms with van der Waals surface area (Å²) in [7, 11) is 0. The van der Waals surface area contributed by atoms with Gasteiger partial charge in [0, 0.05) is 17.6 Å². The maximum absolute atomic E-state index is 6.25. The summed E-state index contributed by atoms with van der Waals surface area (Å²) in [5, 5.41) is 8.96. The van der Waals surface area contributed by atoms with E-state index in [0.29, 0.717) is 5.92 Å². The van der Waals surface area contributed by atoms with Crippen LogP contribution >= 0.6 is 11.6 Å². The fourth-order valence-electron chi connectivity index (χ4n) is 2.24. The Morgan fingerprint density at radius 3 is 2.67 bits per heavy atom. The van der Waals surface area contributed by atoms with Gasteiger partial charge in [-0.15, -0.1) is 0 Å². The molecule has 0 spiro atoms. The highest BCUT2D eigenvalue weighted by atomic mass is 35.5. The second-order valence-corrected chi connectivity index (χ2v) is 6.30. The summed E-state index contributed by atoms with van der Waals surface area (Å²) in [5.74, 6) is 1.63. The molecule has 0 unspecified atom stereocenters. The van der Waals surface area contributed by atoms with Crippen LogP contribution in [0.15, 0.2) is 24.3 Å². The average Bonchev–Trinajstić information content (AvgIpc) is 2.81. The minimum atomic E-state index is 0.592. The number of rotatable bonds is 6. The lowest BCUT2D eigenvalue weighted by atomic mass is 10.1. The molecule has 0 bridgehead atoms. The van der Waals surface area contributed by atoms with Crippen molar-refractivity contribution in [3.63, 3.8) is 0 Å². The predicted molar refractivity (Wildman–Crippen MR) is 90.6 cm³/mol. The first-order valence-corrected chi connectivity index (χ1v) is 7.98. The zero-order valence-corrected chi connectivity index (χ0v) is 14.0. The smallest absolute Gasteiger partial charge is 0.130 e. The van der Waals surface area contributed by atoms with E-state index in [-0.39, 0.29) is 0 Å². The number of hydrogen-bond donors (Lipinski definition) is 1. The van der Waals surface area contributed by atoms with Crippen molar-refractivity contribution in [1.29, 1.82) is 0 Å². The highest BCUT2D eigenvalue weighted by molar-refractivity contribution is 6.31. The summed E-state index contributed by atoms with van der Waals surface area (Å²) in [6.07, 6.45) is 2.06. The summed E-state index contributed by atoms with van der Waals surface area (Å²) < 4.78 is 1.96. The third kappa shape index (κ3) is 4.01. The lowest BCUT2D eigenvalue weighted by Gasteiger charge is -2.10. The lowest BCUT2D eigenvalue weighted by Crippen LogP contribution is -2.07. The number of nitrogens with zero attached hydrogens (tertiary/aromatic N) is 2. The summed E-state index contributed by atoms with van der Waals surface area (Å²) in [6, 6.07) is 8.21. The molecule has 114 valence electrons. The van der Waals surface area contributed by atoms with Crippen LogP contribution in [-0.2, 0) is 6.42 Å². The van der Waals surface area contributed by atoms with Crippen molar-refractivity contribution >= 4 is 17.4 Å². The summed E-state index contributed by atoms with van der Waals surface area (Å²) >= 11 is 6.25. The van der Waals surface area contributed by atoms with E-state index in [1.54, 1.807) is 0 Å². The number of halogens is 1. The van der Waals surface area contributed by atoms with E-state index in [2.05, 4.69) is 38.2 Å². The molecule has 2 rings (SSSR count). The second-order valence-electron chi connectivity index (χ2n) is 5.89. The van der Waals surface area contributed by atoms with E-state index < -0.39 is 0 Å². The van der Waals surface area contributed by atoms with E-state index in [9.17, 15) is 0 Å². The van der Waals surface area contributed by atoms with Crippen LogP contribution < -0.4 is 5.32 Å². The first-order chi connectivity index (χ1) is 10.0. The van der Waals surface area contributed by atoms with Crippen LogP contribution in [0.5, 0.6) is 0 Å². The molecule has 2 aromatic rings. The van der Waals surface area contributed by atoms with E-state index in [1.165, 1.54) is 0 Å². The average molecular weight is 306 g/mol. The Balaban J connectivity index is 2.38. The van der Waals surface area contributed by atoms with Crippen LogP contribution in [0.3, 0.4) is 0 Å². The molecule has 0 aliphatic heterocycles. The van der Waals surface area contributed by atoms with E-state index in [4.69, 9.17) is 16.7 Å². The highest BCUT2D eigenvalue weighted by Gasteiger charge is 2.11. The summed E-state index contributed by atoms with van der Waals surface area (Å²) in [6.45, 7) is 9.52. The van der Waals surface area contributed by atoms with Crippen molar-refractivity contribution in [3.05, 3.63) is 40.5 Å². The molecule has 0 fully saturated rings. The number of benzene rings is 1. The van der Waals surface area contributed by atoms with Crippen molar-refractivity contribution in [2.24, 2.45) is 5.92 Å². The summed E-state index contributed by atoms with van der Waals surface area (Å²) in [5.41, 5.74) is 3.19. The SMILES string of the molecule is CCCNc1cc(CC(C)C)nn1-c1ccc(C)c(Cl)c1. The Morgan fingerprint density at radius 2 is 2.05 bits per heavy atom. The van der Waals surface area contributed by atoms with Gasteiger partial charge in [-0.2, -0.15) is 5.10 Å². The quantitative estimate of drug-likeness (QED) is 0.826. The molecule has 0 atom stereocenters. The minimum Gasteiger partial charge on any atom is -0.370 e. The largest absolute Gasteiger partial charge is 0.370 e. The molecule has 0 amide bonds. The fraction of sp³-hybridized carbons (Fsp3) is 0.471. The highest BCUT2D eigenvalue weighted by Crippen LogP contribution is 2.23. The third-order valence-electron chi connectivity index (χ3n) is 3.33. The summed E-state index contributed by atoms with van der Waals surface area (Å²) in [4.78, 5) is 0. The topological polar surface area (TPSA) is 29.9 Å². The molecule has 1 aromatic carbocycles. The second kappa shape index (κ2) is 6.99. The monoisotopic (exact) mass is 305 g/mol. The molecule has 0 saturated carbocycles. The van der Waals surface area contributed by atoms with Crippen LogP contribution in [0.1, 0.15) is 38.4 Å². The first-order valence-electron chi connectivity index (χ1n) is 7.60. The van der Waals surface area contributed by atoms with Crippen LogP contribution in [0, 0.1) is 12.8 Å². The van der Waals surface area contributed by atoms with Crippen LogP contribution in [-0.4, -0.2) is 16.3 Å². The van der Waals surface area contributed by atoms with Gasteiger partial charge in [0.1, 0.15) is 5.82 Å². The molecule has 1 N–H and O–H groups in total. The van der Waals surface area contributed by atoms with Gasteiger partial charge in [0.25, 0.3) is 0 Å². The predicted octanol–water partition coefficient (Wildman–Crippen LogP) is 4.85. The van der Waals surface area contributed by atoms with E-state index >= 15 is 0 Å². The van der Waals surface area contributed by atoms with Gasteiger partial charge in [0.15, 0.2) is 0 Å². The molecule has 1 aromatic heterocycles. The zero-order valence-electron chi connectivity index (χ0n) is 13.3. The van der Waals surface area contributed by atoms with Gasteiger partial charge >= 0.3 is 0 Å². The molecule has 0 radical (unpaired) electrons. The number of nitrogens with one attached hydrogen (secondary N) is 1. The van der Waals surface area contributed by atoms with Gasteiger partial charge in [0.2, 0.25) is 0 Å². The number of anilines is 1. The maximum Gasteiger partial charge on any atom is 0.130 e. The normalized spacial score (nSPS) is 11.1. The Labute approximate surface area is 132 Å². The number of hydrogen-bond acceptors (Lipinski definition) is 2. The van der Waals surface area contributed by atoms with Gasteiger partial charge < -0.3 is 5.32 Å². The van der Waals surface area contributed by atoms with E-state index in [1.807, 2.05) is 23.7 Å². The third-order valence-corrected chi connectivity index (χ3v) is 3.74. The van der Waals surface area contributed by atoms with Gasteiger partial charge in [0.05, 0.1) is 11.4 Å². The standard InChI is InChI=1S/C17H24ClN3/c1-5-8-19-17-10-14(9-12(2)3)20-21(17)15-7-6-13(4)16(18)11-15/h6-7,10-12,19H,5,8-9H2,1-4H3. The van der Waals surface area contributed by atoms with Crippen molar-refractivity contribution in [1.82, 2.24) is 9.78 Å². The Bertz CT molecular complexity index is 602. The first kappa shape index (κ1) is 15.9. The molecule has 0 aliphatic carbocycles. The van der Waals surface area contributed by atoms with Gasteiger partial charge in [-0.25, -0.2) is 4.68 Å². The zero-order chi connectivity index (χ0) is 15.4. The van der Waals surface area contributed by atoms with Gasteiger partial charge in [-0.3, -0.25) is 0 Å². The molecule has 0 aliphatic rings. The molecule has 4 heteroatoms. The Hall–Kier alpha value is -1.48. The molecule has 3 nitrogen and oxygen atoms in total. The minimum absolute atomic E-state index is 0.592. The number of aromatic nitrogens is 2. The Morgan fingerprint density at radius 1 is 1.29 bits per heavy atom. The molecule has 21 heavy (non-hydrogen) atoms. The van der Waals surface area contributed by atoms with Crippen LogP contribution in [0.2, 0.25) is 5.02 Å². The molecule has 0 saturated heterocycles. The van der Waals surface area contributed by atoms with Gasteiger partial charge in [-0.1, -0.05) is 38.4 Å². The van der Waals surface area contributed by atoms with Crippen molar-refractivity contribution in [2.45, 2.75) is 40.5 Å². The van der Waals surface area contributed by atoms with Gasteiger partial charge in [-0.05, 0) is 43.4 Å². The molecular weight excluding hydrogens is 282 g/mol. The fourth-order valence-corrected chi connectivity index (χ4v) is 2.41. The van der Waals surface area contributed by atoms with Crippen molar-refractivity contribution in [2.75, 3.05) is 11.9 Å². The maximum atomic E-state index is 6.25. The molecule has 1 heterocycles. The van der Waals surface area contributed by atoms with E-state index in [0.717, 1.165) is 47.2 Å². The lowest BCUT2D eigenvalue weighted by molar-refractivity contribution is 0.628. The number of aryl methyl sites for hydroxylation is 1. The van der Waals surface area contributed by atoms with Crippen LogP contribution in [0.25, 0.3) is 5.69 Å². The van der Waals surface area contributed by atoms with Crippen molar-refractivity contribution in [3.8, 4) is 5.69 Å². The molecular formula is C17H24ClN3. The van der Waals surface area contributed by atoms with Crippen LogP contribution in [0.4, 0.5) is 5.82 Å². The Kier molecular flexibility index (Phi) is 5.29.